The van der Waals surface area contributed by atoms with E-state index in [9.17, 15) is 19.1 Å². The zero-order valence-corrected chi connectivity index (χ0v) is 11.9. The summed E-state index contributed by atoms with van der Waals surface area (Å²) < 4.78 is 13.3. The number of fused-ring (bicyclic) bond motifs is 1. The molecule has 116 valence electrons. The van der Waals surface area contributed by atoms with E-state index in [0.717, 1.165) is 12.8 Å². The number of aromatic nitrogens is 1. The standard InChI is InChI=1S/C16H17FN2O3/c17-9-5-6-10-11(8-15(21)18-13(10)7-9)16(22)19-12-3-1-2-4-14(12)20/h5-8,12,14,20H,1-4H2,(H,18,21)(H,19,22). The molecule has 1 aliphatic carbocycles. The molecule has 1 aliphatic rings. The summed E-state index contributed by atoms with van der Waals surface area (Å²) in [6.45, 7) is 0. The molecule has 1 heterocycles. The summed E-state index contributed by atoms with van der Waals surface area (Å²) in [5.41, 5.74) is 0.00538. The van der Waals surface area contributed by atoms with E-state index in [-0.39, 0.29) is 17.1 Å². The van der Waals surface area contributed by atoms with Crippen LogP contribution in [0.1, 0.15) is 36.0 Å². The summed E-state index contributed by atoms with van der Waals surface area (Å²) in [5, 5.41) is 13.2. The number of halogens is 1. The van der Waals surface area contributed by atoms with E-state index in [1.54, 1.807) is 0 Å². The first kappa shape index (κ1) is 14.7. The van der Waals surface area contributed by atoms with Crippen molar-refractivity contribution in [2.75, 3.05) is 0 Å². The van der Waals surface area contributed by atoms with Crippen LogP contribution in [0.15, 0.2) is 29.1 Å². The van der Waals surface area contributed by atoms with Crippen LogP contribution >= 0.6 is 0 Å². The molecule has 2 aromatic rings. The monoisotopic (exact) mass is 304 g/mol. The number of carbonyl (C=O) groups excluding carboxylic acids is 1. The van der Waals surface area contributed by atoms with Crippen LogP contribution in [0.3, 0.4) is 0 Å². The average Bonchev–Trinajstić information content (AvgIpc) is 2.48. The van der Waals surface area contributed by atoms with Crippen molar-refractivity contribution >= 4 is 16.8 Å². The number of aromatic amines is 1. The molecular formula is C16H17FN2O3. The molecule has 0 aliphatic heterocycles. The zero-order valence-electron chi connectivity index (χ0n) is 11.9. The van der Waals surface area contributed by atoms with Crippen LogP contribution in [0.2, 0.25) is 0 Å². The van der Waals surface area contributed by atoms with Crippen LogP contribution in [-0.4, -0.2) is 28.1 Å². The lowest BCUT2D eigenvalue weighted by atomic mass is 9.92. The van der Waals surface area contributed by atoms with Gasteiger partial charge in [0.2, 0.25) is 5.56 Å². The van der Waals surface area contributed by atoms with E-state index in [2.05, 4.69) is 10.3 Å². The van der Waals surface area contributed by atoms with Crippen molar-refractivity contribution in [3.05, 3.63) is 46.0 Å². The number of hydrogen-bond donors (Lipinski definition) is 3. The second-order valence-electron chi connectivity index (χ2n) is 5.67. The Hall–Kier alpha value is -2.21. The number of nitrogens with one attached hydrogen (secondary N) is 2. The van der Waals surface area contributed by atoms with Crippen LogP contribution in [0.5, 0.6) is 0 Å². The number of rotatable bonds is 2. The predicted molar refractivity (Wildman–Crippen MR) is 80.3 cm³/mol. The molecule has 2 atom stereocenters. The van der Waals surface area contributed by atoms with Gasteiger partial charge in [-0.3, -0.25) is 9.59 Å². The fourth-order valence-corrected chi connectivity index (χ4v) is 2.95. The first-order chi connectivity index (χ1) is 10.5. The summed E-state index contributed by atoms with van der Waals surface area (Å²) in [6, 6.07) is 4.78. The largest absolute Gasteiger partial charge is 0.391 e. The predicted octanol–water partition coefficient (Wildman–Crippen LogP) is 1.70. The molecular weight excluding hydrogens is 287 g/mol. The molecule has 3 N–H and O–H groups in total. The van der Waals surface area contributed by atoms with Crippen molar-refractivity contribution in [1.29, 1.82) is 0 Å². The fourth-order valence-electron chi connectivity index (χ4n) is 2.95. The normalized spacial score (nSPS) is 21.7. The molecule has 0 spiro atoms. The smallest absolute Gasteiger partial charge is 0.252 e. The van der Waals surface area contributed by atoms with E-state index < -0.39 is 23.4 Å². The van der Waals surface area contributed by atoms with Crippen molar-refractivity contribution in [1.82, 2.24) is 10.3 Å². The Morgan fingerprint density at radius 2 is 2.05 bits per heavy atom. The third-order valence-corrected chi connectivity index (χ3v) is 4.10. The third-order valence-electron chi connectivity index (χ3n) is 4.10. The van der Waals surface area contributed by atoms with E-state index in [1.807, 2.05) is 0 Å². The molecule has 3 rings (SSSR count). The van der Waals surface area contributed by atoms with Gasteiger partial charge in [-0.15, -0.1) is 0 Å². The minimum Gasteiger partial charge on any atom is -0.391 e. The Morgan fingerprint density at radius 3 is 2.82 bits per heavy atom. The quantitative estimate of drug-likeness (QED) is 0.790. The number of aliphatic hydroxyl groups excluding tert-OH is 1. The van der Waals surface area contributed by atoms with Crippen molar-refractivity contribution in [2.45, 2.75) is 37.8 Å². The maximum atomic E-state index is 13.3. The SMILES string of the molecule is O=C(NC1CCCCC1O)c1cc(=O)[nH]c2cc(F)ccc12. The van der Waals surface area contributed by atoms with Gasteiger partial charge in [-0.05, 0) is 31.0 Å². The van der Waals surface area contributed by atoms with Crippen molar-refractivity contribution < 1.29 is 14.3 Å². The highest BCUT2D eigenvalue weighted by atomic mass is 19.1. The van der Waals surface area contributed by atoms with E-state index >= 15 is 0 Å². The second-order valence-corrected chi connectivity index (χ2v) is 5.67. The molecule has 5 nitrogen and oxygen atoms in total. The van der Waals surface area contributed by atoms with Crippen LogP contribution in [0, 0.1) is 5.82 Å². The Kier molecular flexibility index (Phi) is 3.94. The molecule has 0 saturated heterocycles. The van der Waals surface area contributed by atoms with Gasteiger partial charge in [0.25, 0.3) is 5.91 Å². The number of pyridine rings is 1. The number of H-pyrrole nitrogens is 1. The highest BCUT2D eigenvalue weighted by Gasteiger charge is 2.25. The number of carbonyl (C=O) groups is 1. The minimum atomic E-state index is -0.566. The lowest BCUT2D eigenvalue weighted by molar-refractivity contribution is 0.0718. The fraction of sp³-hybridized carbons (Fsp3) is 0.375. The van der Waals surface area contributed by atoms with Gasteiger partial charge in [-0.1, -0.05) is 12.8 Å². The second kappa shape index (κ2) is 5.88. The Bertz CT molecular complexity index is 772. The Balaban J connectivity index is 1.95. The lowest BCUT2D eigenvalue weighted by Gasteiger charge is -2.28. The molecule has 6 heteroatoms. The molecule has 1 saturated carbocycles. The van der Waals surface area contributed by atoms with Crippen molar-refractivity contribution in [3.63, 3.8) is 0 Å². The zero-order chi connectivity index (χ0) is 15.7. The maximum absolute atomic E-state index is 13.3. The first-order valence-corrected chi connectivity index (χ1v) is 7.36. The third kappa shape index (κ3) is 2.87. The number of amides is 1. The maximum Gasteiger partial charge on any atom is 0.252 e. The van der Waals surface area contributed by atoms with Crippen LogP contribution in [-0.2, 0) is 0 Å². The van der Waals surface area contributed by atoms with Gasteiger partial charge in [-0.2, -0.15) is 0 Å². The van der Waals surface area contributed by atoms with Gasteiger partial charge in [-0.25, -0.2) is 4.39 Å². The number of hydrogen-bond acceptors (Lipinski definition) is 3. The van der Waals surface area contributed by atoms with Crippen molar-refractivity contribution in [3.8, 4) is 0 Å². The lowest BCUT2D eigenvalue weighted by Crippen LogP contribution is -2.45. The molecule has 1 aromatic heterocycles. The topological polar surface area (TPSA) is 82.2 Å². The van der Waals surface area contributed by atoms with Crippen molar-refractivity contribution in [2.24, 2.45) is 0 Å². The minimum absolute atomic E-state index is 0.191. The number of benzene rings is 1. The molecule has 0 bridgehead atoms. The highest BCUT2D eigenvalue weighted by molar-refractivity contribution is 6.06. The molecule has 2 unspecified atom stereocenters. The summed E-state index contributed by atoms with van der Waals surface area (Å²) in [7, 11) is 0. The molecule has 1 amide bonds. The van der Waals surface area contributed by atoms with Crippen LogP contribution in [0.25, 0.3) is 10.9 Å². The van der Waals surface area contributed by atoms with Crippen LogP contribution in [0.4, 0.5) is 4.39 Å². The summed E-state index contributed by atoms with van der Waals surface area (Å²) in [6.07, 6.45) is 2.70. The molecule has 0 radical (unpaired) electrons. The summed E-state index contributed by atoms with van der Waals surface area (Å²) in [5.74, 6) is -0.905. The molecule has 1 aromatic carbocycles. The van der Waals surface area contributed by atoms with E-state index in [1.165, 1.54) is 24.3 Å². The first-order valence-electron chi connectivity index (χ1n) is 7.36. The van der Waals surface area contributed by atoms with Gasteiger partial charge in [0.1, 0.15) is 5.82 Å². The van der Waals surface area contributed by atoms with E-state index in [4.69, 9.17) is 0 Å². The van der Waals surface area contributed by atoms with Gasteiger partial charge in [0.15, 0.2) is 0 Å². The van der Waals surface area contributed by atoms with Gasteiger partial charge < -0.3 is 15.4 Å². The summed E-state index contributed by atoms with van der Waals surface area (Å²) in [4.78, 5) is 26.6. The Morgan fingerprint density at radius 1 is 1.27 bits per heavy atom. The van der Waals surface area contributed by atoms with Gasteiger partial charge in [0, 0.05) is 11.5 Å². The summed E-state index contributed by atoms with van der Waals surface area (Å²) >= 11 is 0. The van der Waals surface area contributed by atoms with Crippen LogP contribution < -0.4 is 10.9 Å². The molecule has 22 heavy (non-hydrogen) atoms. The van der Waals surface area contributed by atoms with Gasteiger partial charge >= 0.3 is 0 Å². The highest BCUT2D eigenvalue weighted by Crippen LogP contribution is 2.20. The molecule has 1 fully saturated rings. The average molecular weight is 304 g/mol. The number of aliphatic hydroxyl groups is 1. The van der Waals surface area contributed by atoms with E-state index in [0.29, 0.717) is 18.2 Å². The van der Waals surface area contributed by atoms with Gasteiger partial charge in [0.05, 0.1) is 23.2 Å². The Labute approximate surface area is 126 Å².